The van der Waals surface area contributed by atoms with Gasteiger partial charge < -0.3 is 9.88 Å². The third-order valence-corrected chi connectivity index (χ3v) is 4.11. The number of benzene rings is 1. The summed E-state index contributed by atoms with van der Waals surface area (Å²) in [6.07, 6.45) is 3.80. The minimum absolute atomic E-state index is 0.158. The van der Waals surface area contributed by atoms with E-state index in [4.69, 9.17) is 0 Å². The first kappa shape index (κ1) is 14.2. The molecule has 2 heterocycles. The van der Waals surface area contributed by atoms with E-state index in [0.717, 1.165) is 38.3 Å². The smallest absolute Gasteiger partial charge is 0.123 e. The summed E-state index contributed by atoms with van der Waals surface area (Å²) in [7, 11) is 0. The summed E-state index contributed by atoms with van der Waals surface area (Å²) in [5.74, 6) is -0.197. The van der Waals surface area contributed by atoms with Crippen molar-refractivity contribution >= 4 is 0 Å². The number of aromatic nitrogens is 2. The third kappa shape index (κ3) is 3.31. The van der Waals surface area contributed by atoms with Crippen LogP contribution in [0, 0.1) is 5.82 Å². The quantitative estimate of drug-likeness (QED) is 0.934. The highest BCUT2D eigenvalue weighted by Gasteiger charge is 2.16. The van der Waals surface area contributed by atoms with Gasteiger partial charge in [-0.1, -0.05) is 12.1 Å². The minimum atomic E-state index is -0.197. The first-order chi connectivity index (χ1) is 10.2. The molecule has 21 heavy (non-hydrogen) atoms. The van der Waals surface area contributed by atoms with Crippen LogP contribution >= 0.6 is 0 Å². The van der Waals surface area contributed by atoms with Crippen LogP contribution in [0.1, 0.15) is 24.2 Å². The van der Waals surface area contributed by atoms with Gasteiger partial charge in [0.1, 0.15) is 5.82 Å². The van der Waals surface area contributed by atoms with E-state index in [1.807, 2.05) is 24.7 Å². The highest BCUT2D eigenvalue weighted by atomic mass is 19.1. The van der Waals surface area contributed by atoms with Crippen molar-refractivity contribution in [1.82, 2.24) is 19.8 Å². The van der Waals surface area contributed by atoms with Gasteiger partial charge in [0.15, 0.2) is 0 Å². The second-order valence-electron chi connectivity index (χ2n) is 5.55. The third-order valence-electron chi connectivity index (χ3n) is 4.11. The van der Waals surface area contributed by atoms with Crippen molar-refractivity contribution in [2.75, 3.05) is 26.2 Å². The van der Waals surface area contributed by atoms with Crippen LogP contribution in [-0.2, 0) is 6.54 Å². The van der Waals surface area contributed by atoms with Crippen molar-refractivity contribution in [3.8, 4) is 0 Å². The van der Waals surface area contributed by atoms with Crippen LogP contribution in [-0.4, -0.2) is 40.6 Å². The van der Waals surface area contributed by atoms with E-state index in [-0.39, 0.29) is 11.9 Å². The maximum absolute atomic E-state index is 13.0. The van der Waals surface area contributed by atoms with Gasteiger partial charge in [0, 0.05) is 38.9 Å². The maximum atomic E-state index is 13.0. The van der Waals surface area contributed by atoms with E-state index in [9.17, 15) is 4.39 Å². The van der Waals surface area contributed by atoms with Crippen molar-refractivity contribution < 1.29 is 4.39 Å². The van der Waals surface area contributed by atoms with Gasteiger partial charge >= 0.3 is 0 Å². The summed E-state index contributed by atoms with van der Waals surface area (Å²) in [6.45, 7) is 7.25. The summed E-state index contributed by atoms with van der Waals surface area (Å²) in [4.78, 5) is 6.73. The molecule has 0 radical (unpaired) electrons. The molecule has 112 valence electrons. The highest BCUT2D eigenvalue weighted by Crippen LogP contribution is 2.20. The normalized spacial score (nSPS) is 17.8. The lowest BCUT2D eigenvalue weighted by Gasteiger charge is -2.28. The van der Waals surface area contributed by atoms with Gasteiger partial charge in [0.25, 0.3) is 0 Å². The van der Waals surface area contributed by atoms with E-state index >= 15 is 0 Å². The van der Waals surface area contributed by atoms with E-state index in [2.05, 4.69) is 26.7 Å². The molecule has 1 aliphatic heterocycles. The Morgan fingerprint density at radius 3 is 2.67 bits per heavy atom. The van der Waals surface area contributed by atoms with Crippen molar-refractivity contribution in [2.45, 2.75) is 19.5 Å². The number of hydrogen-bond donors (Lipinski definition) is 1. The summed E-state index contributed by atoms with van der Waals surface area (Å²) < 4.78 is 15.2. The standard InChI is InChI=1S/C16H21FN4/c1-13(14-2-4-15(17)5-3-14)21-12-19-10-16(21)11-20-8-6-18-7-9-20/h2-5,10,12-13,18H,6-9,11H2,1H3/t13-/m1/s1. The lowest BCUT2D eigenvalue weighted by Crippen LogP contribution is -2.43. The zero-order chi connectivity index (χ0) is 14.7. The van der Waals surface area contributed by atoms with Crippen LogP contribution in [0.5, 0.6) is 0 Å². The number of rotatable bonds is 4. The molecular formula is C16H21FN4. The first-order valence-electron chi connectivity index (χ1n) is 7.43. The largest absolute Gasteiger partial charge is 0.326 e. The molecule has 0 bridgehead atoms. The lowest BCUT2D eigenvalue weighted by atomic mass is 10.1. The molecule has 2 aromatic rings. The lowest BCUT2D eigenvalue weighted by molar-refractivity contribution is 0.227. The van der Waals surface area contributed by atoms with Crippen molar-refractivity contribution in [3.63, 3.8) is 0 Å². The van der Waals surface area contributed by atoms with E-state index in [1.165, 1.54) is 17.8 Å². The fourth-order valence-electron chi connectivity index (χ4n) is 2.80. The van der Waals surface area contributed by atoms with Crippen LogP contribution in [0.2, 0.25) is 0 Å². The molecule has 1 N–H and O–H groups in total. The van der Waals surface area contributed by atoms with Gasteiger partial charge in [-0.05, 0) is 24.6 Å². The van der Waals surface area contributed by atoms with Crippen LogP contribution in [0.4, 0.5) is 4.39 Å². The summed E-state index contributed by atoms with van der Waals surface area (Å²) in [5, 5.41) is 3.36. The Hall–Kier alpha value is -1.72. The Kier molecular flexibility index (Phi) is 4.31. The fraction of sp³-hybridized carbons (Fsp3) is 0.438. The van der Waals surface area contributed by atoms with Crippen molar-refractivity contribution in [3.05, 3.63) is 53.9 Å². The SMILES string of the molecule is C[C@H](c1ccc(F)cc1)n1cncc1CN1CCNCC1. The molecular weight excluding hydrogens is 267 g/mol. The van der Waals surface area contributed by atoms with E-state index < -0.39 is 0 Å². The molecule has 3 rings (SSSR count). The van der Waals surface area contributed by atoms with Gasteiger partial charge in [0.05, 0.1) is 18.1 Å². The van der Waals surface area contributed by atoms with Gasteiger partial charge in [-0.25, -0.2) is 9.37 Å². The number of hydrogen-bond acceptors (Lipinski definition) is 3. The molecule has 1 aromatic heterocycles. The Bertz CT molecular complexity index is 572. The highest BCUT2D eigenvalue weighted by molar-refractivity contribution is 5.21. The molecule has 0 spiro atoms. The molecule has 1 aliphatic rings. The Labute approximate surface area is 124 Å². The number of halogens is 1. The molecule has 1 fully saturated rings. The van der Waals surface area contributed by atoms with Crippen molar-refractivity contribution in [2.24, 2.45) is 0 Å². The van der Waals surface area contributed by atoms with E-state index in [1.54, 1.807) is 0 Å². The molecule has 0 unspecified atom stereocenters. The number of piperazine rings is 1. The van der Waals surface area contributed by atoms with Gasteiger partial charge in [-0.2, -0.15) is 0 Å². The Morgan fingerprint density at radius 1 is 1.24 bits per heavy atom. The second-order valence-corrected chi connectivity index (χ2v) is 5.55. The summed E-state index contributed by atoms with van der Waals surface area (Å²) >= 11 is 0. The number of nitrogens with one attached hydrogen (secondary N) is 1. The fourth-order valence-corrected chi connectivity index (χ4v) is 2.80. The number of nitrogens with zero attached hydrogens (tertiary/aromatic N) is 3. The van der Waals surface area contributed by atoms with Crippen LogP contribution in [0.25, 0.3) is 0 Å². The molecule has 0 aliphatic carbocycles. The van der Waals surface area contributed by atoms with Crippen molar-refractivity contribution in [1.29, 1.82) is 0 Å². The van der Waals surface area contributed by atoms with Gasteiger partial charge in [0.2, 0.25) is 0 Å². The molecule has 1 aromatic carbocycles. The molecule has 5 heteroatoms. The maximum Gasteiger partial charge on any atom is 0.123 e. The zero-order valence-electron chi connectivity index (χ0n) is 12.3. The first-order valence-corrected chi connectivity index (χ1v) is 7.43. The molecule has 0 amide bonds. The zero-order valence-corrected chi connectivity index (χ0v) is 12.3. The summed E-state index contributed by atoms with van der Waals surface area (Å²) in [5.41, 5.74) is 2.30. The minimum Gasteiger partial charge on any atom is -0.326 e. The average molecular weight is 288 g/mol. The predicted octanol–water partition coefficient (Wildman–Crippen LogP) is 2.04. The second kappa shape index (κ2) is 6.37. The summed E-state index contributed by atoms with van der Waals surface area (Å²) in [6, 6.07) is 6.87. The molecule has 1 atom stereocenters. The molecule has 1 saturated heterocycles. The Balaban J connectivity index is 1.76. The molecule has 4 nitrogen and oxygen atoms in total. The monoisotopic (exact) mass is 288 g/mol. The van der Waals surface area contributed by atoms with Crippen LogP contribution in [0.3, 0.4) is 0 Å². The van der Waals surface area contributed by atoms with E-state index in [0.29, 0.717) is 0 Å². The predicted molar refractivity (Wildman–Crippen MR) is 80.6 cm³/mol. The average Bonchev–Trinajstić information content (AvgIpc) is 2.96. The van der Waals surface area contributed by atoms with Gasteiger partial charge in [-0.15, -0.1) is 0 Å². The number of imidazole rings is 1. The molecule has 0 saturated carbocycles. The Morgan fingerprint density at radius 2 is 1.95 bits per heavy atom. The topological polar surface area (TPSA) is 33.1 Å². The van der Waals surface area contributed by atoms with Crippen LogP contribution in [0.15, 0.2) is 36.8 Å². The van der Waals surface area contributed by atoms with Gasteiger partial charge in [-0.3, -0.25) is 4.90 Å². The van der Waals surface area contributed by atoms with Crippen LogP contribution < -0.4 is 5.32 Å².